The van der Waals surface area contributed by atoms with Gasteiger partial charge in [-0.2, -0.15) is 0 Å². The van der Waals surface area contributed by atoms with Crippen LogP contribution >= 0.6 is 11.6 Å². The lowest BCUT2D eigenvalue weighted by Gasteiger charge is -2.06. The Bertz CT molecular complexity index is 485. The molecule has 0 aliphatic carbocycles. The van der Waals surface area contributed by atoms with E-state index in [0.29, 0.717) is 11.6 Å². The third kappa shape index (κ3) is 3.44. The lowest BCUT2D eigenvalue weighted by atomic mass is 10.1. The summed E-state index contributed by atoms with van der Waals surface area (Å²) in [5.41, 5.74) is 2.02. The molecule has 0 saturated carbocycles. The molecule has 0 aliphatic rings. The highest BCUT2D eigenvalue weighted by molar-refractivity contribution is 6.30. The van der Waals surface area contributed by atoms with E-state index in [2.05, 4.69) is 10.3 Å². The van der Waals surface area contributed by atoms with Gasteiger partial charge >= 0.3 is 0 Å². The van der Waals surface area contributed by atoms with Gasteiger partial charge in [-0.15, -0.1) is 0 Å². The Morgan fingerprint density at radius 2 is 2.00 bits per heavy atom. The first-order chi connectivity index (χ1) is 8.28. The molecule has 88 valence electrons. The fraction of sp³-hybridized carbons (Fsp3) is 0.154. The van der Waals surface area contributed by atoms with Crippen molar-refractivity contribution in [2.45, 2.75) is 13.2 Å². The molecular formula is C13H13ClN2O. The van der Waals surface area contributed by atoms with Gasteiger partial charge in [-0.05, 0) is 23.3 Å². The average Bonchev–Trinajstić information content (AvgIpc) is 2.38. The quantitative estimate of drug-likeness (QED) is 0.875. The number of benzene rings is 1. The van der Waals surface area contributed by atoms with Crippen LogP contribution in [-0.2, 0) is 13.2 Å². The highest BCUT2D eigenvalue weighted by Crippen LogP contribution is 2.11. The van der Waals surface area contributed by atoms with Crippen molar-refractivity contribution in [3.63, 3.8) is 0 Å². The molecule has 17 heavy (non-hydrogen) atoms. The van der Waals surface area contributed by atoms with Crippen molar-refractivity contribution in [1.82, 2.24) is 4.98 Å². The molecule has 0 bridgehead atoms. The zero-order valence-electron chi connectivity index (χ0n) is 9.23. The summed E-state index contributed by atoms with van der Waals surface area (Å²) < 4.78 is 0. The highest BCUT2D eigenvalue weighted by atomic mass is 35.5. The van der Waals surface area contributed by atoms with E-state index >= 15 is 0 Å². The molecule has 0 saturated heterocycles. The van der Waals surface area contributed by atoms with E-state index in [-0.39, 0.29) is 6.61 Å². The summed E-state index contributed by atoms with van der Waals surface area (Å²) in [5.74, 6) is 0.781. The van der Waals surface area contributed by atoms with Crippen molar-refractivity contribution in [2.24, 2.45) is 0 Å². The Morgan fingerprint density at radius 1 is 1.18 bits per heavy atom. The summed E-state index contributed by atoms with van der Waals surface area (Å²) in [6.45, 7) is 0.732. The number of aliphatic hydroxyl groups is 1. The van der Waals surface area contributed by atoms with Gasteiger partial charge in [0, 0.05) is 12.7 Å². The molecule has 0 unspecified atom stereocenters. The number of hydrogen-bond donors (Lipinski definition) is 2. The van der Waals surface area contributed by atoms with Crippen molar-refractivity contribution < 1.29 is 5.11 Å². The Balaban J connectivity index is 1.99. The molecule has 0 atom stereocenters. The SMILES string of the molecule is OCc1cccc(CNc2ccc(Cl)cn2)c1. The zero-order valence-corrected chi connectivity index (χ0v) is 9.98. The number of aliphatic hydroxyl groups excluding tert-OH is 1. The molecule has 0 spiro atoms. The third-order valence-corrected chi connectivity index (χ3v) is 2.60. The number of rotatable bonds is 4. The minimum atomic E-state index is 0.0625. The van der Waals surface area contributed by atoms with Crippen molar-refractivity contribution in [1.29, 1.82) is 0 Å². The van der Waals surface area contributed by atoms with Gasteiger partial charge in [-0.1, -0.05) is 35.9 Å². The molecule has 1 heterocycles. The number of nitrogens with zero attached hydrogens (tertiary/aromatic N) is 1. The molecule has 0 aliphatic heterocycles. The first-order valence-corrected chi connectivity index (χ1v) is 5.70. The Hall–Kier alpha value is -1.58. The van der Waals surface area contributed by atoms with Gasteiger partial charge in [0.15, 0.2) is 0 Å². The standard InChI is InChI=1S/C13H13ClN2O/c14-12-4-5-13(16-8-12)15-7-10-2-1-3-11(6-10)9-17/h1-6,8,17H,7,9H2,(H,15,16). The van der Waals surface area contributed by atoms with E-state index < -0.39 is 0 Å². The molecule has 2 N–H and O–H groups in total. The van der Waals surface area contributed by atoms with Crippen molar-refractivity contribution in [3.8, 4) is 0 Å². The molecule has 0 radical (unpaired) electrons. The maximum atomic E-state index is 9.03. The van der Waals surface area contributed by atoms with E-state index in [1.807, 2.05) is 30.3 Å². The molecule has 3 nitrogen and oxygen atoms in total. The molecule has 0 fully saturated rings. The van der Waals surface area contributed by atoms with Crippen LogP contribution in [0.15, 0.2) is 42.6 Å². The predicted octanol–water partition coefficient (Wildman–Crippen LogP) is 2.84. The Kier molecular flexibility index (Phi) is 3.96. The molecule has 4 heteroatoms. The third-order valence-electron chi connectivity index (χ3n) is 2.37. The average molecular weight is 249 g/mol. The van der Waals surface area contributed by atoms with Crippen LogP contribution in [0.25, 0.3) is 0 Å². The summed E-state index contributed by atoms with van der Waals surface area (Å²) in [7, 11) is 0. The predicted molar refractivity (Wildman–Crippen MR) is 68.9 cm³/mol. The van der Waals surface area contributed by atoms with Crippen LogP contribution in [0.3, 0.4) is 0 Å². The van der Waals surface area contributed by atoms with Crippen molar-refractivity contribution >= 4 is 17.4 Å². The molecule has 0 amide bonds. The van der Waals surface area contributed by atoms with Gasteiger partial charge in [0.05, 0.1) is 11.6 Å². The molecule has 1 aromatic heterocycles. The number of anilines is 1. The van der Waals surface area contributed by atoms with E-state index in [1.54, 1.807) is 12.3 Å². The van der Waals surface area contributed by atoms with Crippen LogP contribution in [0.4, 0.5) is 5.82 Å². The van der Waals surface area contributed by atoms with E-state index in [1.165, 1.54) is 0 Å². The summed E-state index contributed by atoms with van der Waals surface area (Å²) in [4.78, 5) is 4.14. The van der Waals surface area contributed by atoms with Crippen LogP contribution in [0.2, 0.25) is 5.02 Å². The minimum absolute atomic E-state index is 0.0625. The molecule has 1 aromatic carbocycles. The molecule has 2 aromatic rings. The zero-order chi connectivity index (χ0) is 12.1. The maximum absolute atomic E-state index is 9.03. The lowest BCUT2D eigenvalue weighted by molar-refractivity contribution is 0.281. The van der Waals surface area contributed by atoms with Crippen molar-refractivity contribution in [3.05, 3.63) is 58.7 Å². The molecule has 2 rings (SSSR count). The van der Waals surface area contributed by atoms with Gasteiger partial charge in [0.25, 0.3) is 0 Å². The van der Waals surface area contributed by atoms with Gasteiger partial charge < -0.3 is 10.4 Å². The van der Waals surface area contributed by atoms with Gasteiger partial charge in [-0.25, -0.2) is 4.98 Å². The van der Waals surface area contributed by atoms with Gasteiger partial charge in [-0.3, -0.25) is 0 Å². The first-order valence-electron chi connectivity index (χ1n) is 5.32. The highest BCUT2D eigenvalue weighted by Gasteiger charge is 1.97. The second-order valence-electron chi connectivity index (χ2n) is 3.69. The van der Waals surface area contributed by atoms with E-state index in [0.717, 1.165) is 16.9 Å². The number of halogens is 1. The largest absolute Gasteiger partial charge is 0.392 e. The van der Waals surface area contributed by atoms with Crippen LogP contribution < -0.4 is 5.32 Å². The normalized spacial score (nSPS) is 10.2. The monoisotopic (exact) mass is 248 g/mol. The first kappa shape index (κ1) is 11.9. The van der Waals surface area contributed by atoms with E-state index in [9.17, 15) is 0 Å². The number of nitrogens with one attached hydrogen (secondary N) is 1. The topological polar surface area (TPSA) is 45.1 Å². The fourth-order valence-corrected chi connectivity index (χ4v) is 1.62. The van der Waals surface area contributed by atoms with Gasteiger partial charge in [0.1, 0.15) is 5.82 Å². The maximum Gasteiger partial charge on any atom is 0.126 e. The lowest BCUT2D eigenvalue weighted by Crippen LogP contribution is -2.01. The number of pyridine rings is 1. The van der Waals surface area contributed by atoms with Gasteiger partial charge in [0.2, 0.25) is 0 Å². The smallest absolute Gasteiger partial charge is 0.126 e. The fourth-order valence-electron chi connectivity index (χ4n) is 1.51. The number of aromatic nitrogens is 1. The summed E-state index contributed by atoms with van der Waals surface area (Å²) in [6, 6.07) is 11.4. The minimum Gasteiger partial charge on any atom is -0.392 e. The Morgan fingerprint density at radius 3 is 2.71 bits per heavy atom. The second-order valence-corrected chi connectivity index (χ2v) is 4.13. The second kappa shape index (κ2) is 5.66. The summed E-state index contributed by atoms with van der Waals surface area (Å²) >= 11 is 5.75. The van der Waals surface area contributed by atoms with Crippen LogP contribution in [0, 0.1) is 0 Å². The van der Waals surface area contributed by atoms with Crippen molar-refractivity contribution in [2.75, 3.05) is 5.32 Å². The number of hydrogen-bond acceptors (Lipinski definition) is 3. The summed E-state index contributed by atoms with van der Waals surface area (Å²) in [5, 5.41) is 12.8. The Labute approximate surface area is 105 Å². The van der Waals surface area contributed by atoms with Crippen LogP contribution in [-0.4, -0.2) is 10.1 Å². The van der Waals surface area contributed by atoms with Crippen LogP contribution in [0.1, 0.15) is 11.1 Å². The molecular weight excluding hydrogens is 236 g/mol. The van der Waals surface area contributed by atoms with Crippen LogP contribution in [0.5, 0.6) is 0 Å². The van der Waals surface area contributed by atoms with E-state index in [4.69, 9.17) is 16.7 Å². The summed E-state index contributed by atoms with van der Waals surface area (Å²) in [6.07, 6.45) is 1.61.